The number of Topliss-reactive ketones (excluding diaryl/α,β-unsaturated/α-hetero) is 1. The molecule has 0 N–H and O–H groups in total. The molecule has 0 spiro atoms. The predicted octanol–water partition coefficient (Wildman–Crippen LogP) is 1.61. The van der Waals surface area contributed by atoms with Crippen molar-refractivity contribution >= 4 is 11.8 Å². The number of esters is 1. The van der Waals surface area contributed by atoms with Gasteiger partial charge in [-0.2, -0.15) is 0 Å². The minimum absolute atomic E-state index is 0.0966. The van der Waals surface area contributed by atoms with Gasteiger partial charge in [-0.3, -0.25) is 4.79 Å². The first-order valence-corrected chi connectivity index (χ1v) is 5.30. The normalized spacial score (nSPS) is 12.2. The van der Waals surface area contributed by atoms with Gasteiger partial charge in [-0.25, -0.2) is 4.79 Å². The second-order valence-electron chi connectivity index (χ2n) is 4.81. The van der Waals surface area contributed by atoms with Crippen molar-refractivity contribution in [1.82, 2.24) is 4.90 Å². The summed E-state index contributed by atoms with van der Waals surface area (Å²) in [6, 6.07) is 0. The summed E-state index contributed by atoms with van der Waals surface area (Å²) in [4.78, 5) is 25.3. The molecule has 0 aromatic rings. The first-order chi connectivity index (χ1) is 7.20. The second-order valence-corrected chi connectivity index (χ2v) is 4.81. The summed E-state index contributed by atoms with van der Waals surface area (Å²) < 4.78 is 4.87. The van der Waals surface area contributed by atoms with E-state index in [1.165, 1.54) is 6.20 Å². The van der Waals surface area contributed by atoms with Gasteiger partial charge in [0.05, 0.1) is 6.61 Å². The Labute approximate surface area is 97.3 Å². The van der Waals surface area contributed by atoms with Crippen molar-refractivity contribution in [2.75, 3.05) is 20.7 Å². The summed E-state index contributed by atoms with van der Waals surface area (Å²) >= 11 is 0. The Balaban J connectivity index is 5.12. The first kappa shape index (κ1) is 14.7. The molecule has 0 aliphatic carbocycles. The number of nitrogens with zero attached hydrogens (tertiary/aromatic N) is 1. The van der Waals surface area contributed by atoms with Crippen molar-refractivity contribution in [2.24, 2.45) is 5.41 Å². The Bertz CT molecular complexity index is 298. The number of carbonyl (C=O) groups excluding carboxylic acids is 2. The van der Waals surface area contributed by atoms with E-state index in [4.69, 9.17) is 4.74 Å². The highest BCUT2D eigenvalue weighted by atomic mass is 16.5. The summed E-state index contributed by atoms with van der Waals surface area (Å²) in [5, 5.41) is 0. The number of carbonyl (C=O) groups is 2. The van der Waals surface area contributed by atoms with Gasteiger partial charge in [-0.05, 0) is 6.92 Å². The van der Waals surface area contributed by atoms with E-state index < -0.39 is 11.4 Å². The third kappa shape index (κ3) is 4.47. The van der Waals surface area contributed by atoms with Crippen molar-refractivity contribution in [3.8, 4) is 0 Å². The van der Waals surface area contributed by atoms with Crippen LogP contribution in [0.4, 0.5) is 0 Å². The molecule has 92 valence electrons. The zero-order valence-electron chi connectivity index (χ0n) is 11.0. The van der Waals surface area contributed by atoms with Crippen molar-refractivity contribution < 1.29 is 14.3 Å². The van der Waals surface area contributed by atoms with Crippen LogP contribution in [0, 0.1) is 5.41 Å². The maximum atomic E-state index is 12.0. The van der Waals surface area contributed by atoms with Gasteiger partial charge in [-0.15, -0.1) is 0 Å². The van der Waals surface area contributed by atoms with Crippen molar-refractivity contribution in [3.63, 3.8) is 0 Å². The van der Waals surface area contributed by atoms with Gasteiger partial charge in [0.25, 0.3) is 0 Å². The number of hydrogen-bond donors (Lipinski definition) is 0. The summed E-state index contributed by atoms with van der Waals surface area (Å²) in [7, 11) is 3.52. The molecule has 0 bridgehead atoms. The van der Waals surface area contributed by atoms with Gasteiger partial charge in [0.15, 0.2) is 5.78 Å². The van der Waals surface area contributed by atoms with E-state index in [-0.39, 0.29) is 18.0 Å². The van der Waals surface area contributed by atoms with E-state index in [0.717, 1.165) is 0 Å². The Morgan fingerprint density at radius 3 is 2.06 bits per heavy atom. The summed E-state index contributed by atoms with van der Waals surface area (Å²) in [5.41, 5.74) is -0.492. The third-order valence-corrected chi connectivity index (χ3v) is 1.81. The molecule has 16 heavy (non-hydrogen) atoms. The second kappa shape index (κ2) is 5.68. The number of hydrogen-bond acceptors (Lipinski definition) is 4. The SMILES string of the molecule is CCOC(=O)/C(=C\N(C)C)C(=O)C(C)(C)C. The van der Waals surface area contributed by atoms with Crippen LogP contribution in [-0.2, 0) is 14.3 Å². The van der Waals surface area contributed by atoms with Crippen molar-refractivity contribution in [1.29, 1.82) is 0 Å². The predicted molar refractivity (Wildman–Crippen MR) is 62.9 cm³/mol. The van der Waals surface area contributed by atoms with Crippen LogP contribution in [0.2, 0.25) is 0 Å². The maximum absolute atomic E-state index is 12.0. The van der Waals surface area contributed by atoms with Gasteiger partial charge in [0, 0.05) is 25.7 Å². The Morgan fingerprint density at radius 2 is 1.75 bits per heavy atom. The average Bonchev–Trinajstić information content (AvgIpc) is 2.11. The molecule has 4 nitrogen and oxygen atoms in total. The van der Waals surface area contributed by atoms with Crippen LogP contribution in [0.25, 0.3) is 0 Å². The first-order valence-electron chi connectivity index (χ1n) is 5.30. The lowest BCUT2D eigenvalue weighted by Gasteiger charge is -2.19. The fourth-order valence-corrected chi connectivity index (χ4v) is 1.08. The van der Waals surface area contributed by atoms with Gasteiger partial charge in [-0.1, -0.05) is 20.8 Å². The largest absolute Gasteiger partial charge is 0.462 e. The molecule has 0 rings (SSSR count). The molecular formula is C12H21NO3. The molecular weight excluding hydrogens is 206 g/mol. The Morgan fingerprint density at radius 1 is 1.25 bits per heavy atom. The van der Waals surface area contributed by atoms with E-state index in [1.54, 1.807) is 46.7 Å². The van der Waals surface area contributed by atoms with Gasteiger partial charge in [0.2, 0.25) is 0 Å². The highest BCUT2D eigenvalue weighted by Gasteiger charge is 2.30. The Kier molecular flexibility index (Phi) is 5.21. The average molecular weight is 227 g/mol. The number of ether oxygens (including phenoxy) is 1. The maximum Gasteiger partial charge on any atom is 0.343 e. The topological polar surface area (TPSA) is 46.6 Å². The minimum Gasteiger partial charge on any atom is -0.462 e. The molecule has 0 atom stereocenters. The van der Waals surface area contributed by atoms with Gasteiger partial charge >= 0.3 is 5.97 Å². The van der Waals surface area contributed by atoms with E-state index in [1.807, 2.05) is 0 Å². The number of ketones is 1. The molecule has 0 aromatic carbocycles. The van der Waals surface area contributed by atoms with Crippen LogP contribution in [0.15, 0.2) is 11.8 Å². The fraction of sp³-hybridized carbons (Fsp3) is 0.667. The molecule has 0 aliphatic heterocycles. The highest BCUT2D eigenvalue weighted by molar-refractivity contribution is 6.18. The third-order valence-electron chi connectivity index (χ3n) is 1.81. The molecule has 0 saturated heterocycles. The van der Waals surface area contributed by atoms with Crippen LogP contribution >= 0.6 is 0 Å². The van der Waals surface area contributed by atoms with E-state index >= 15 is 0 Å². The molecule has 0 saturated carbocycles. The van der Waals surface area contributed by atoms with Crippen LogP contribution < -0.4 is 0 Å². The summed E-state index contributed by atoms with van der Waals surface area (Å²) in [6.07, 6.45) is 1.51. The van der Waals surface area contributed by atoms with E-state index in [9.17, 15) is 9.59 Å². The van der Waals surface area contributed by atoms with Crippen LogP contribution in [0.5, 0.6) is 0 Å². The van der Waals surface area contributed by atoms with E-state index in [0.29, 0.717) is 0 Å². The molecule has 4 heteroatoms. The molecule has 0 radical (unpaired) electrons. The van der Waals surface area contributed by atoms with Crippen LogP contribution in [0.3, 0.4) is 0 Å². The molecule has 0 heterocycles. The zero-order chi connectivity index (χ0) is 12.9. The summed E-state index contributed by atoms with van der Waals surface area (Å²) in [6.45, 7) is 7.31. The molecule has 0 amide bonds. The lowest BCUT2D eigenvalue weighted by Crippen LogP contribution is -2.28. The number of rotatable bonds is 4. The smallest absolute Gasteiger partial charge is 0.343 e. The van der Waals surface area contributed by atoms with Gasteiger partial charge < -0.3 is 9.64 Å². The van der Waals surface area contributed by atoms with Crippen molar-refractivity contribution in [3.05, 3.63) is 11.8 Å². The highest BCUT2D eigenvalue weighted by Crippen LogP contribution is 2.20. The monoisotopic (exact) mass is 227 g/mol. The molecule has 0 unspecified atom stereocenters. The quantitative estimate of drug-likeness (QED) is 0.317. The zero-order valence-corrected chi connectivity index (χ0v) is 11.0. The summed E-state index contributed by atoms with van der Waals surface area (Å²) in [5.74, 6) is -0.768. The van der Waals surface area contributed by atoms with Crippen LogP contribution in [-0.4, -0.2) is 37.4 Å². The fourth-order valence-electron chi connectivity index (χ4n) is 1.08. The minimum atomic E-state index is -0.589. The molecule has 0 aromatic heterocycles. The standard InChI is InChI=1S/C12H21NO3/c1-7-16-11(15)9(8-13(5)6)10(14)12(2,3)4/h8H,7H2,1-6H3/b9-8-. The van der Waals surface area contributed by atoms with E-state index in [2.05, 4.69) is 0 Å². The van der Waals surface area contributed by atoms with Gasteiger partial charge in [0.1, 0.15) is 5.57 Å². The van der Waals surface area contributed by atoms with Crippen molar-refractivity contribution in [2.45, 2.75) is 27.7 Å². The van der Waals surface area contributed by atoms with Crippen LogP contribution in [0.1, 0.15) is 27.7 Å². The lowest BCUT2D eigenvalue weighted by atomic mass is 9.86. The lowest BCUT2D eigenvalue weighted by molar-refractivity contribution is -0.141. The Hall–Kier alpha value is -1.32. The molecule has 0 aliphatic rings. The molecule has 0 fully saturated rings.